The van der Waals surface area contributed by atoms with Gasteiger partial charge in [0.05, 0.1) is 5.69 Å². The quantitative estimate of drug-likeness (QED) is 0.455. The zero-order valence-electron chi connectivity index (χ0n) is 16.9. The van der Waals surface area contributed by atoms with Crippen LogP contribution in [0.1, 0.15) is 32.6 Å². The van der Waals surface area contributed by atoms with Crippen LogP contribution in [0.5, 0.6) is 5.88 Å². The third kappa shape index (κ3) is 4.06. The molecule has 0 unspecified atom stereocenters. The largest absolute Gasteiger partial charge is 0.447 e. The summed E-state index contributed by atoms with van der Waals surface area (Å²) in [5.41, 5.74) is 2.83. The number of rotatable bonds is 4. The van der Waals surface area contributed by atoms with Crippen molar-refractivity contribution in [3.05, 3.63) is 58.6 Å². The first kappa shape index (κ1) is 20.8. The van der Waals surface area contributed by atoms with E-state index < -0.39 is 6.23 Å². The molecule has 0 spiro atoms. The molecule has 0 bridgehead atoms. The van der Waals surface area contributed by atoms with Gasteiger partial charge in [-0.05, 0) is 18.1 Å². The molecule has 154 valence electrons. The molecular weight excluding hydrogens is 464 g/mol. The molecule has 0 aliphatic carbocycles. The van der Waals surface area contributed by atoms with Crippen molar-refractivity contribution >= 4 is 39.3 Å². The van der Waals surface area contributed by atoms with Crippen LogP contribution in [0.25, 0.3) is 11.3 Å². The first-order valence-corrected chi connectivity index (χ1v) is 11.4. The lowest BCUT2D eigenvalue weighted by atomic mass is 10.1. The van der Waals surface area contributed by atoms with Crippen molar-refractivity contribution in [3.63, 3.8) is 0 Å². The van der Waals surface area contributed by atoms with Gasteiger partial charge in [0.1, 0.15) is 0 Å². The lowest BCUT2D eigenvalue weighted by molar-refractivity contribution is -0.118. The Morgan fingerprint density at radius 1 is 1.17 bits per heavy atom. The van der Waals surface area contributed by atoms with Crippen LogP contribution in [0.4, 0.5) is 5.69 Å². The van der Waals surface area contributed by atoms with Gasteiger partial charge in [0.15, 0.2) is 5.69 Å². The van der Waals surface area contributed by atoms with Gasteiger partial charge in [-0.2, -0.15) is 4.98 Å². The van der Waals surface area contributed by atoms with E-state index in [1.165, 1.54) is 6.92 Å². The number of hydrogen-bond donors (Lipinski definition) is 0. The lowest BCUT2D eigenvalue weighted by Crippen LogP contribution is -2.36. The minimum Gasteiger partial charge on any atom is -0.447 e. The second-order valence-corrected chi connectivity index (χ2v) is 9.19. The smallest absolute Gasteiger partial charge is 0.247 e. The summed E-state index contributed by atoms with van der Waals surface area (Å²) in [6, 6.07) is 15.3. The monoisotopic (exact) mass is 484 g/mol. The van der Waals surface area contributed by atoms with Gasteiger partial charge in [-0.3, -0.25) is 9.69 Å². The van der Waals surface area contributed by atoms with Crippen LogP contribution < -0.4 is 9.64 Å². The summed E-state index contributed by atoms with van der Waals surface area (Å²) >= 11 is 5.14. The average molecular weight is 485 g/mol. The fraction of sp³-hybridized carbons (Fsp3) is 0.273. The summed E-state index contributed by atoms with van der Waals surface area (Å²) in [6.45, 7) is 5.82. The average Bonchev–Trinajstić information content (AvgIpc) is 2.86. The maximum Gasteiger partial charge on any atom is 0.247 e. The minimum atomic E-state index is -0.694. The lowest BCUT2D eigenvalue weighted by Gasteiger charge is -2.30. The summed E-state index contributed by atoms with van der Waals surface area (Å²) in [5.74, 6) is 1.61. The number of halogens is 1. The molecule has 2 heterocycles. The van der Waals surface area contributed by atoms with E-state index in [-0.39, 0.29) is 5.91 Å². The van der Waals surface area contributed by atoms with Crippen LogP contribution in [0.3, 0.4) is 0 Å². The molecule has 0 fully saturated rings. The predicted octanol–water partition coefficient (Wildman–Crippen LogP) is 5.49. The van der Waals surface area contributed by atoms with E-state index in [0.29, 0.717) is 28.3 Å². The molecular formula is C22H21BrN4O2S. The maximum absolute atomic E-state index is 12.8. The first-order chi connectivity index (χ1) is 14.5. The minimum absolute atomic E-state index is 0.140. The molecule has 1 atom stereocenters. The number of amides is 1. The van der Waals surface area contributed by atoms with Crippen LogP contribution in [0, 0.1) is 5.92 Å². The molecule has 1 aliphatic heterocycles. The highest BCUT2D eigenvalue weighted by atomic mass is 79.9. The summed E-state index contributed by atoms with van der Waals surface area (Å²) in [7, 11) is 0. The highest BCUT2D eigenvalue weighted by molar-refractivity contribution is 9.10. The first-order valence-electron chi connectivity index (χ1n) is 9.63. The van der Waals surface area contributed by atoms with E-state index in [4.69, 9.17) is 4.74 Å². The van der Waals surface area contributed by atoms with Gasteiger partial charge in [0.25, 0.3) is 0 Å². The molecule has 2 aromatic carbocycles. The molecule has 1 aromatic heterocycles. The number of thioether (sulfide) groups is 1. The van der Waals surface area contributed by atoms with Gasteiger partial charge < -0.3 is 4.74 Å². The molecule has 0 N–H and O–H groups in total. The number of anilines is 1. The topological polar surface area (TPSA) is 68.2 Å². The second kappa shape index (κ2) is 8.73. The van der Waals surface area contributed by atoms with E-state index in [9.17, 15) is 4.79 Å². The molecule has 1 amide bonds. The highest BCUT2D eigenvalue weighted by Crippen LogP contribution is 2.44. The van der Waals surface area contributed by atoms with E-state index in [1.807, 2.05) is 48.5 Å². The number of benzene rings is 2. The van der Waals surface area contributed by atoms with Crippen LogP contribution in [0.15, 0.2) is 58.2 Å². The standard InChI is InChI=1S/C22H21BrN4O2S/c1-13(2)12-30-22-24-20-19(25-26-22)16-9-5-7-11-18(16)27(14(3)28)21(29-20)15-8-4-6-10-17(15)23/h4-11,13,21H,12H2,1-3H3/t21-/m1/s1. The molecule has 4 rings (SSSR count). The number of carbonyl (C=O) groups is 1. The van der Waals surface area contributed by atoms with Crippen molar-refractivity contribution in [2.45, 2.75) is 32.2 Å². The fourth-order valence-corrected chi connectivity index (χ4v) is 4.44. The van der Waals surface area contributed by atoms with Crippen molar-refractivity contribution in [2.24, 2.45) is 5.92 Å². The maximum atomic E-state index is 12.8. The third-order valence-corrected chi connectivity index (χ3v) is 6.55. The zero-order chi connectivity index (χ0) is 21.3. The third-order valence-electron chi connectivity index (χ3n) is 4.57. The number of aromatic nitrogens is 3. The van der Waals surface area contributed by atoms with Crippen LogP contribution in [0.2, 0.25) is 0 Å². The SMILES string of the molecule is CC(=O)N1c2ccccc2-c2nnc(SCC(C)C)nc2O[C@@H]1c1ccccc1Br. The molecule has 0 saturated carbocycles. The van der Waals surface area contributed by atoms with Gasteiger partial charge in [0.2, 0.25) is 23.2 Å². The van der Waals surface area contributed by atoms with Gasteiger partial charge in [-0.1, -0.05) is 77.9 Å². The molecule has 30 heavy (non-hydrogen) atoms. The molecule has 8 heteroatoms. The number of fused-ring (bicyclic) bond motifs is 3. The Morgan fingerprint density at radius 2 is 1.90 bits per heavy atom. The fourth-order valence-electron chi connectivity index (χ4n) is 3.23. The van der Waals surface area contributed by atoms with Crippen molar-refractivity contribution in [2.75, 3.05) is 10.7 Å². The Hall–Kier alpha value is -2.45. The zero-order valence-corrected chi connectivity index (χ0v) is 19.3. The molecule has 6 nitrogen and oxygen atoms in total. The number of nitrogens with zero attached hydrogens (tertiary/aromatic N) is 4. The van der Waals surface area contributed by atoms with Crippen molar-refractivity contribution in [3.8, 4) is 17.1 Å². The number of carbonyl (C=O) groups excluding carboxylic acids is 1. The highest BCUT2D eigenvalue weighted by Gasteiger charge is 2.35. The van der Waals surface area contributed by atoms with Gasteiger partial charge in [0, 0.05) is 28.3 Å². The Kier molecular flexibility index (Phi) is 6.06. The summed E-state index contributed by atoms with van der Waals surface area (Å²) < 4.78 is 7.22. The second-order valence-electron chi connectivity index (χ2n) is 7.35. The molecule has 3 aromatic rings. The Labute approximate surface area is 188 Å². The van der Waals surface area contributed by atoms with E-state index >= 15 is 0 Å². The summed E-state index contributed by atoms with van der Waals surface area (Å²) in [5, 5.41) is 9.29. The predicted molar refractivity (Wildman–Crippen MR) is 121 cm³/mol. The number of hydrogen-bond acceptors (Lipinski definition) is 6. The summed E-state index contributed by atoms with van der Waals surface area (Å²) in [4.78, 5) is 19.1. The van der Waals surface area contributed by atoms with Crippen LogP contribution in [-0.4, -0.2) is 26.8 Å². The van der Waals surface area contributed by atoms with Crippen molar-refractivity contribution in [1.29, 1.82) is 0 Å². The van der Waals surface area contributed by atoms with Crippen molar-refractivity contribution < 1.29 is 9.53 Å². The summed E-state index contributed by atoms with van der Waals surface area (Å²) in [6.07, 6.45) is -0.694. The van der Waals surface area contributed by atoms with E-state index in [0.717, 1.165) is 21.4 Å². The Bertz CT molecular complexity index is 1090. The van der Waals surface area contributed by atoms with Crippen LogP contribution >= 0.6 is 27.7 Å². The molecule has 0 radical (unpaired) electrons. The number of ether oxygens (including phenoxy) is 1. The normalized spacial score (nSPS) is 15.2. The van der Waals surface area contributed by atoms with E-state index in [2.05, 4.69) is 45.0 Å². The van der Waals surface area contributed by atoms with Crippen LogP contribution in [-0.2, 0) is 4.79 Å². The van der Waals surface area contributed by atoms with Gasteiger partial charge in [-0.25, -0.2) is 0 Å². The Morgan fingerprint density at radius 3 is 2.63 bits per heavy atom. The number of para-hydroxylation sites is 1. The molecule has 0 saturated heterocycles. The van der Waals surface area contributed by atoms with E-state index in [1.54, 1.807) is 16.7 Å². The van der Waals surface area contributed by atoms with Gasteiger partial charge in [-0.15, -0.1) is 10.2 Å². The Balaban J connectivity index is 1.89. The molecule has 1 aliphatic rings. The van der Waals surface area contributed by atoms with Gasteiger partial charge >= 0.3 is 0 Å². The van der Waals surface area contributed by atoms with Crippen molar-refractivity contribution in [1.82, 2.24) is 15.2 Å².